The summed E-state index contributed by atoms with van der Waals surface area (Å²) >= 11 is 1.37. The Morgan fingerprint density at radius 2 is 1.76 bits per heavy atom. The molecule has 13 heteroatoms. The predicted molar refractivity (Wildman–Crippen MR) is 159 cm³/mol. The van der Waals surface area contributed by atoms with Gasteiger partial charge in [-0.2, -0.15) is 4.31 Å². The number of sulfonamides is 1. The minimum absolute atomic E-state index is 0.0270. The number of aliphatic hydroxyl groups is 1. The zero-order valence-corrected chi connectivity index (χ0v) is 26.0. The highest BCUT2D eigenvalue weighted by Gasteiger charge is 2.40. The van der Waals surface area contributed by atoms with Crippen LogP contribution in [-0.2, 0) is 16.4 Å². The van der Waals surface area contributed by atoms with Crippen molar-refractivity contribution in [2.75, 3.05) is 18.4 Å². The average Bonchev–Trinajstić information content (AvgIpc) is 3.56. The molecule has 1 aliphatic carbocycles. The summed E-state index contributed by atoms with van der Waals surface area (Å²) in [4.78, 5) is 18.0. The van der Waals surface area contributed by atoms with Gasteiger partial charge in [0, 0.05) is 30.7 Å². The Hall–Kier alpha value is -2.87. The van der Waals surface area contributed by atoms with E-state index in [9.17, 15) is 32.2 Å². The van der Waals surface area contributed by atoms with Crippen LogP contribution < -0.4 is 5.32 Å². The summed E-state index contributed by atoms with van der Waals surface area (Å²) in [6.45, 7) is 8.19. The van der Waals surface area contributed by atoms with Crippen LogP contribution in [0.5, 0.6) is 0 Å². The first-order valence-electron chi connectivity index (χ1n) is 13.9. The van der Waals surface area contributed by atoms with Gasteiger partial charge in [-0.15, -0.1) is 0 Å². The number of carbonyl (C=O) groups is 1. The lowest BCUT2D eigenvalue weighted by molar-refractivity contribution is 0.000505. The van der Waals surface area contributed by atoms with E-state index in [0.717, 1.165) is 39.3 Å². The van der Waals surface area contributed by atoms with Crippen molar-refractivity contribution in [1.82, 2.24) is 14.2 Å². The summed E-state index contributed by atoms with van der Waals surface area (Å²) in [6, 6.07) is 6.72. The summed E-state index contributed by atoms with van der Waals surface area (Å²) in [6.07, 6.45) is -0.967. The van der Waals surface area contributed by atoms with Crippen LogP contribution in [-0.4, -0.2) is 75.7 Å². The first-order valence-corrected chi connectivity index (χ1v) is 16.1. The van der Waals surface area contributed by atoms with Crippen LogP contribution in [0.1, 0.15) is 53.0 Å². The topological polar surface area (TPSA) is 123 Å². The van der Waals surface area contributed by atoms with Gasteiger partial charge < -0.3 is 15.5 Å². The van der Waals surface area contributed by atoms with Crippen molar-refractivity contribution in [2.24, 2.45) is 5.92 Å². The molecule has 0 aliphatic heterocycles. The molecule has 1 aromatic heterocycles. The van der Waals surface area contributed by atoms with Gasteiger partial charge in [0.2, 0.25) is 10.0 Å². The second-order valence-corrected chi connectivity index (χ2v) is 15.2. The minimum Gasteiger partial charge on any atom is -0.465 e. The Kier molecular flexibility index (Phi) is 9.46. The third-order valence-corrected chi connectivity index (χ3v) is 9.71. The molecule has 0 bridgehead atoms. The van der Waals surface area contributed by atoms with Crippen LogP contribution in [0.2, 0.25) is 0 Å². The summed E-state index contributed by atoms with van der Waals surface area (Å²) < 4.78 is 57.8. The molecule has 1 saturated carbocycles. The number of halogens is 2. The van der Waals surface area contributed by atoms with Gasteiger partial charge >= 0.3 is 6.09 Å². The van der Waals surface area contributed by atoms with E-state index in [0.29, 0.717) is 22.3 Å². The van der Waals surface area contributed by atoms with Crippen molar-refractivity contribution in [3.05, 3.63) is 53.6 Å². The lowest BCUT2D eigenvalue weighted by Crippen LogP contribution is -2.58. The molecule has 1 heterocycles. The molecule has 2 atom stereocenters. The normalized spacial score (nSPS) is 15.8. The number of thiazole rings is 1. The van der Waals surface area contributed by atoms with Gasteiger partial charge in [0.1, 0.15) is 11.6 Å². The molecular formula is C29H38F2N4O5S2. The van der Waals surface area contributed by atoms with Gasteiger partial charge in [0.05, 0.1) is 27.3 Å². The Morgan fingerprint density at radius 1 is 1.12 bits per heavy atom. The van der Waals surface area contributed by atoms with Crippen molar-refractivity contribution >= 4 is 42.8 Å². The maximum Gasteiger partial charge on any atom is 0.408 e. The van der Waals surface area contributed by atoms with Gasteiger partial charge in [-0.25, -0.2) is 27.0 Å². The molecule has 3 aromatic rings. The van der Waals surface area contributed by atoms with Gasteiger partial charge in [-0.1, -0.05) is 25.2 Å². The van der Waals surface area contributed by atoms with Gasteiger partial charge in [-0.05, 0) is 81.8 Å². The van der Waals surface area contributed by atoms with Crippen LogP contribution in [0.4, 0.5) is 18.7 Å². The number of carboxylic acid groups (broad SMARTS) is 1. The first-order chi connectivity index (χ1) is 19.5. The molecule has 0 radical (unpaired) electrons. The number of amides is 1. The number of anilines is 1. The van der Waals surface area contributed by atoms with E-state index < -0.39 is 52.0 Å². The SMILES string of the molecule is CC(C)CN(C[C@@H](O)[C@H](Cc1cc(F)cc(F)c1)N(C(=O)O)C(C)(C)C)S(=O)(=O)c1ccc2nc(NC3CC3)sc2c1. The Morgan fingerprint density at radius 3 is 2.31 bits per heavy atom. The number of benzene rings is 2. The molecule has 3 N–H and O–H groups in total. The molecule has 42 heavy (non-hydrogen) atoms. The molecule has 1 amide bonds. The molecule has 230 valence electrons. The summed E-state index contributed by atoms with van der Waals surface area (Å²) in [7, 11) is -4.14. The zero-order chi connectivity index (χ0) is 31.0. The van der Waals surface area contributed by atoms with Gasteiger partial charge in [-0.3, -0.25) is 4.90 Å². The molecule has 1 fully saturated rings. The lowest BCUT2D eigenvalue weighted by atomic mass is 9.94. The van der Waals surface area contributed by atoms with Gasteiger partial charge in [0.15, 0.2) is 5.13 Å². The third kappa shape index (κ3) is 7.74. The number of nitrogens with zero attached hydrogens (tertiary/aromatic N) is 3. The van der Waals surface area contributed by atoms with Crippen molar-refractivity contribution in [1.29, 1.82) is 0 Å². The summed E-state index contributed by atoms with van der Waals surface area (Å²) in [5.41, 5.74) is -0.215. The fourth-order valence-electron chi connectivity index (χ4n) is 4.98. The average molecular weight is 625 g/mol. The van der Waals surface area contributed by atoms with Crippen molar-refractivity contribution in [3.63, 3.8) is 0 Å². The minimum atomic E-state index is -4.14. The second kappa shape index (κ2) is 12.4. The van der Waals surface area contributed by atoms with Crippen molar-refractivity contribution < 1.29 is 32.2 Å². The standard InChI is InChI=1S/C29H38F2N4O5S2/c1-17(2)15-34(42(39,40)22-8-9-23-26(14-22)41-27(33-23)32-21-6-7-21)16-25(36)24(35(28(37)38)29(3,4)5)12-18-10-19(30)13-20(31)11-18/h8-11,13-14,17,21,24-25,36H,6-7,12,15-16H2,1-5H3,(H,32,33)(H,37,38)/t24-,25+/m0/s1. The zero-order valence-electron chi connectivity index (χ0n) is 24.3. The van der Waals surface area contributed by atoms with E-state index in [1.54, 1.807) is 32.9 Å². The quantitative estimate of drug-likeness (QED) is 0.242. The van der Waals surface area contributed by atoms with Crippen LogP contribution in [0.25, 0.3) is 10.2 Å². The van der Waals surface area contributed by atoms with Gasteiger partial charge in [0.25, 0.3) is 0 Å². The highest BCUT2D eigenvalue weighted by molar-refractivity contribution is 7.89. The van der Waals surface area contributed by atoms with Crippen LogP contribution in [0.15, 0.2) is 41.3 Å². The first kappa shape index (κ1) is 32.1. The fraction of sp³-hybridized carbons (Fsp3) is 0.517. The van der Waals surface area contributed by atoms with E-state index in [-0.39, 0.29) is 29.3 Å². The molecule has 2 aromatic carbocycles. The highest BCUT2D eigenvalue weighted by atomic mass is 32.2. The largest absolute Gasteiger partial charge is 0.465 e. The van der Waals surface area contributed by atoms with E-state index in [4.69, 9.17) is 0 Å². The van der Waals surface area contributed by atoms with Crippen LogP contribution in [0.3, 0.4) is 0 Å². The van der Waals surface area contributed by atoms with E-state index in [2.05, 4.69) is 10.3 Å². The highest BCUT2D eigenvalue weighted by Crippen LogP contribution is 2.33. The predicted octanol–water partition coefficient (Wildman–Crippen LogP) is 5.55. The number of rotatable bonds is 12. The Balaban J connectivity index is 1.68. The monoisotopic (exact) mass is 624 g/mol. The molecule has 0 saturated heterocycles. The smallest absolute Gasteiger partial charge is 0.408 e. The number of hydrogen-bond acceptors (Lipinski definition) is 7. The van der Waals surface area contributed by atoms with E-state index >= 15 is 0 Å². The molecule has 1 aliphatic rings. The number of aliphatic hydroxyl groups excluding tert-OH is 1. The van der Waals surface area contributed by atoms with E-state index in [1.165, 1.54) is 17.4 Å². The fourth-order valence-corrected chi connectivity index (χ4v) is 7.69. The molecular weight excluding hydrogens is 586 g/mol. The molecule has 0 unspecified atom stereocenters. The maximum absolute atomic E-state index is 14.0. The van der Waals surface area contributed by atoms with Crippen LogP contribution >= 0.6 is 11.3 Å². The number of aromatic nitrogens is 1. The molecule has 9 nitrogen and oxygen atoms in total. The Labute approximate surface area is 249 Å². The summed E-state index contributed by atoms with van der Waals surface area (Å²) in [5.74, 6) is -1.80. The molecule has 4 rings (SSSR count). The van der Waals surface area contributed by atoms with Crippen LogP contribution in [0, 0.1) is 17.6 Å². The number of fused-ring (bicyclic) bond motifs is 1. The maximum atomic E-state index is 14.0. The van der Waals surface area contributed by atoms with E-state index in [1.807, 2.05) is 13.8 Å². The van der Waals surface area contributed by atoms with Crippen molar-refractivity contribution in [3.8, 4) is 0 Å². The second-order valence-electron chi connectivity index (χ2n) is 12.2. The molecule has 0 spiro atoms. The lowest BCUT2D eigenvalue weighted by Gasteiger charge is -2.42. The van der Waals surface area contributed by atoms with Crippen molar-refractivity contribution in [2.45, 2.75) is 82.5 Å². The number of hydrogen-bond donors (Lipinski definition) is 3. The summed E-state index contributed by atoms with van der Waals surface area (Å²) in [5, 5.41) is 25.7. The Bertz CT molecular complexity index is 1520. The third-order valence-electron chi connectivity index (χ3n) is 6.93. The number of nitrogens with one attached hydrogen (secondary N) is 1.